The first kappa shape index (κ1) is 19.7. The molecule has 3 saturated heterocycles. The molecule has 0 spiro atoms. The summed E-state index contributed by atoms with van der Waals surface area (Å²) in [6, 6.07) is 4.90. The van der Waals surface area contributed by atoms with Crippen LogP contribution in [0.2, 0.25) is 0 Å². The smallest absolute Gasteiger partial charge is 0.191 e. The second-order valence-corrected chi connectivity index (χ2v) is 8.12. The lowest BCUT2D eigenvalue weighted by atomic mass is 10.2. The van der Waals surface area contributed by atoms with Crippen LogP contribution in [0.15, 0.2) is 27.8 Å². The molecular formula is C21H35N5O2. The number of nitrogens with zero attached hydrogens (tertiary/aromatic N) is 3. The minimum absolute atomic E-state index is 0.212. The number of furan rings is 1. The molecule has 28 heavy (non-hydrogen) atoms. The first-order chi connectivity index (χ1) is 13.8. The van der Waals surface area contributed by atoms with Crippen molar-refractivity contribution in [3.63, 3.8) is 0 Å². The molecule has 4 rings (SSSR count). The van der Waals surface area contributed by atoms with Gasteiger partial charge < -0.3 is 19.8 Å². The molecule has 1 aromatic heterocycles. The highest BCUT2D eigenvalue weighted by molar-refractivity contribution is 5.79. The zero-order chi connectivity index (χ0) is 19.2. The third kappa shape index (κ3) is 4.88. The number of guanidine groups is 1. The highest BCUT2D eigenvalue weighted by Crippen LogP contribution is 2.26. The monoisotopic (exact) mass is 389 g/mol. The number of aliphatic imine (C=N–C) groups is 1. The second-order valence-electron chi connectivity index (χ2n) is 8.12. The van der Waals surface area contributed by atoms with Crippen LogP contribution in [0, 0.1) is 0 Å². The topological polar surface area (TPSA) is 65.3 Å². The molecule has 3 aliphatic heterocycles. The van der Waals surface area contributed by atoms with Crippen LogP contribution in [0.25, 0.3) is 0 Å². The van der Waals surface area contributed by atoms with Crippen LogP contribution in [-0.2, 0) is 4.74 Å². The van der Waals surface area contributed by atoms with Gasteiger partial charge in [0.15, 0.2) is 5.96 Å². The molecule has 1 aromatic rings. The molecule has 156 valence electrons. The fourth-order valence-electron chi connectivity index (χ4n) is 4.66. The molecule has 7 nitrogen and oxygen atoms in total. The maximum Gasteiger partial charge on any atom is 0.191 e. The average Bonchev–Trinajstić information content (AvgIpc) is 3.48. The standard InChI is InChI=1S/C21H35N5O2/c1-2-22-21(23-13-18-15-26-11-5-7-17(26)16-28-18)24-14-19(20-8-6-12-27-20)25-9-3-4-10-25/h6,8,12,17-19H,2-5,7,9-11,13-16H2,1H3,(H2,22,23,24). The van der Waals surface area contributed by atoms with E-state index in [4.69, 9.17) is 14.1 Å². The van der Waals surface area contributed by atoms with Gasteiger partial charge in [-0.3, -0.25) is 14.8 Å². The van der Waals surface area contributed by atoms with Crippen molar-refractivity contribution in [2.45, 2.75) is 50.8 Å². The lowest BCUT2D eigenvalue weighted by molar-refractivity contribution is -0.0453. The summed E-state index contributed by atoms with van der Waals surface area (Å²) in [6.07, 6.45) is 7.11. The normalized spacial score (nSPS) is 27.7. The van der Waals surface area contributed by atoms with Gasteiger partial charge in [0.05, 0.1) is 31.6 Å². The number of ether oxygens (including phenoxy) is 1. The summed E-state index contributed by atoms with van der Waals surface area (Å²) >= 11 is 0. The van der Waals surface area contributed by atoms with E-state index in [9.17, 15) is 0 Å². The van der Waals surface area contributed by atoms with Gasteiger partial charge in [0.2, 0.25) is 0 Å². The molecule has 0 aromatic carbocycles. The van der Waals surface area contributed by atoms with E-state index < -0.39 is 0 Å². The highest BCUT2D eigenvalue weighted by Gasteiger charge is 2.32. The van der Waals surface area contributed by atoms with Gasteiger partial charge in [0.1, 0.15) is 5.76 Å². The van der Waals surface area contributed by atoms with Crippen molar-refractivity contribution in [2.75, 3.05) is 52.4 Å². The Kier molecular flexibility index (Phi) is 6.88. The molecule has 3 aliphatic rings. The summed E-state index contributed by atoms with van der Waals surface area (Å²) in [4.78, 5) is 9.96. The highest BCUT2D eigenvalue weighted by atomic mass is 16.5. The Bertz CT molecular complexity index is 614. The predicted octanol–water partition coefficient (Wildman–Crippen LogP) is 1.83. The van der Waals surface area contributed by atoms with Crippen LogP contribution < -0.4 is 10.6 Å². The fourth-order valence-corrected chi connectivity index (χ4v) is 4.66. The molecule has 3 unspecified atom stereocenters. The van der Waals surface area contributed by atoms with E-state index in [1.54, 1.807) is 6.26 Å². The SMILES string of the molecule is CCNC(=NCC(c1ccco1)N1CCCC1)NCC1CN2CCCC2CO1. The number of hydrogen-bond donors (Lipinski definition) is 2. The molecule has 3 fully saturated rings. The van der Waals surface area contributed by atoms with Gasteiger partial charge in [-0.05, 0) is 64.4 Å². The number of rotatable bonds is 7. The van der Waals surface area contributed by atoms with E-state index in [1.807, 2.05) is 6.07 Å². The molecule has 0 radical (unpaired) electrons. The number of hydrogen-bond acceptors (Lipinski definition) is 5. The van der Waals surface area contributed by atoms with Crippen LogP contribution in [0.4, 0.5) is 0 Å². The summed E-state index contributed by atoms with van der Waals surface area (Å²) in [5, 5.41) is 6.88. The predicted molar refractivity (Wildman–Crippen MR) is 111 cm³/mol. The molecule has 0 bridgehead atoms. The van der Waals surface area contributed by atoms with Gasteiger partial charge in [-0.25, -0.2) is 0 Å². The van der Waals surface area contributed by atoms with Crippen LogP contribution in [0.1, 0.15) is 44.4 Å². The molecular weight excluding hydrogens is 354 g/mol. The molecule has 0 amide bonds. The van der Waals surface area contributed by atoms with Gasteiger partial charge >= 0.3 is 0 Å². The molecule has 2 N–H and O–H groups in total. The van der Waals surface area contributed by atoms with E-state index in [2.05, 4.69) is 33.4 Å². The Morgan fingerprint density at radius 2 is 2.14 bits per heavy atom. The third-order valence-corrected chi connectivity index (χ3v) is 6.18. The summed E-state index contributed by atoms with van der Waals surface area (Å²) in [5.41, 5.74) is 0. The Labute approximate surface area is 168 Å². The third-order valence-electron chi connectivity index (χ3n) is 6.18. The number of morpholine rings is 1. The van der Waals surface area contributed by atoms with E-state index in [-0.39, 0.29) is 12.1 Å². The Hall–Kier alpha value is -1.57. The van der Waals surface area contributed by atoms with Gasteiger partial charge in [0.25, 0.3) is 0 Å². The van der Waals surface area contributed by atoms with E-state index in [0.29, 0.717) is 12.6 Å². The largest absolute Gasteiger partial charge is 0.468 e. The summed E-state index contributed by atoms with van der Waals surface area (Å²) in [5.74, 6) is 1.88. The summed E-state index contributed by atoms with van der Waals surface area (Å²) in [7, 11) is 0. The molecule has 0 aliphatic carbocycles. The van der Waals surface area contributed by atoms with E-state index in [0.717, 1.165) is 51.1 Å². The van der Waals surface area contributed by atoms with Crippen molar-refractivity contribution >= 4 is 5.96 Å². The van der Waals surface area contributed by atoms with Gasteiger partial charge in [-0.2, -0.15) is 0 Å². The molecule has 7 heteroatoms. The average molecular weight is 390 g/mol. The van der Waals surface area contributed by atoms with Crippen LogP contribution in [0.5, 0.6) is 0 Å². The van der Waals surface area contributed by atoms with Crippen molar-refractivity contribution in [3.05, 3.63) is 24.2 Å². The van der Waals surface area contributed by atoms with Crippen LogP contribution in [0.3, 0.4) is 0 Å². The Balaban J connectivity index is 1.34. The lowest BCUT2D eigenvalue weighted by Gasteiger charge is -2.35. The maximum atomic E-state index is 6.08. The zero-order valence-corrected chi connectivity index (χ0v) is 17.1. The Morgan fingerprint density at radius 1 is 1.25 bits per heavy atom. The van der Waals surface area contributed by atoms with Gasteiger partial charge in [-0.15, -0.1) is 0 Å². The Morgan fingerprint density at radius 3 is 2.93 bits per heavy atom. The van der Waals surface area contributed by atoms with E-state index in [1.165, 1.54) is 32.2 Å². The van der Waals surface area contributed by atoms with Crippen molar-refractivity contribution in [3.8, 4) is 0 Å². The van der Waals surface area contributed by atoms with Gasteiger partial charge in [-0.1, -0.05) is 0 Å². The first-order valence-corrected chi connectivity index (χ1v) is 11.0. The van der Waals surface area contributed by atoms with E-state index >= 15 is 0 Å². The molecule has 4 heterocycles. The first-order valence-electron chi connectivity index (χ1n) is 11.0. The number of nitrogens with one attached hydrogen (secondary N) is 2. The van der Waals surface area contributed by atoms with Crippen molar-refractivity contribution < 1.29 is 9.15 Å². The minimum atomic E-state index is 0.212. The number of likely N-dealkylation sites (tertiary alicyclic amines) is 1. The second kappa shape index (κ2) is 9.76. The minimum Gasteiger partial charge on any atom is -0.468 e. The van der Waals surface area contributed by atoms with Crippen LogP contribution in [-0.4, -0.2) is 80.3 Å². The lowest BCUT2D eigenvalue weighted by Crippen LogP contribution is -2.51. The quantitative estimate of drug-likeness (QED) is 0.548. The molecule has 3 atom stereocenters. The summed E-state index contributed by atoms with van der Waals surface area (Å²) in [6.45, 7) is 9.81. The van der Waals surface area contributed by atoms with Crippen LogP contribution >= 0.6 is 0 Å². The molecule has 0 saturated carbocycles. The fraction of sp³-hybridized carbons (Fsp3) is 0.762. The number of fused-ring (bicyclic) bond motifs is 1. The zero-order valence-electron chi connectivity index (χ0n) is 17.1. The summed E-state index contributed by atoms with van der Waals surface area (Å²) < 4.78 is 11.8. The van der Waals surface area contributed by atoms with Crippen molar-refractivity contribution in [1.82, 2.24) is 20.4 Å². The van der Waals surface area contributed by atoms with Crippen molar-refractivity contribution in [1.29, 1.82) is 0 Å². The van der Waals surface area contributed by atoms with Gasteiger partial charge in [0, 0.05) is 25.7 Å². The maximum absolute atomic E-state index is 6.08. The van der Waals surface area contributed by atoms with Crippen molar-refractivity contribution in [2.24, 2.45) is 4.99 Å².